The molecule has 1 atom stereocenters. The van der Waals surface area contributed by atoms with Crippen molar-refractivity contribution >= 4 is 5.78 Å². The Morgan fingerprint density at radius 1 is 1.41 bits per heavy atom. The van der Waals surface area contributed by atoms with E-state index in [-0.39, 0.29) is 11.9 Å². The average Bonchev–Trinajstić information content (AvgIpc) is 2.37. The van der Waals surface area contributed by atoms with Gasteiger partial charge in [-0.3, -0.25) is 4.79 Å². The fourth-order valence-corrected chi connectivity index (χ4v) is 2.62. The molecule has 2 nitrogen and oxygen atoms in total. The molecule has 0 aliphatic heterocycles. The van der Waals surface area contributed by atoms with E-state index < -0.39 is 0 Å². The Morgan fingerprint density at radius 3 is 2.71 bits per heavy atom. The van der Waals surface area contributed by atoms with Crippen LogP contribution in [0.15, 0.2) is 0 Å². The number of Topliss-reactive ketones (excluding diaryl/α,β-unsaturated/α-hetero) is 1. The van der Waals surface area contributed by atoms with Gasteiger partial charge in [-0.2, -0.15) is 0 Å². The molecule has 96 valence electrons. The molecule has 17 heavy (non-hydrogen) atoms. The van der Waals surface area contributed by atoms with Crippen molar-refractivity contribution in [2.45, 2.75) is 64.4 Å². The first-order valence-electron chi connectivity index (χ1n) is 6.87. The number of carbonyl (C=O) groups is 1. The largest absolute Gasteiger partial charge is 0.370 e. The molecule has 0 saturated heterocycles. The lowest BCUT2D eigenvalue weighted by Gasteiger charge is -2.29. The molecule has 0 amide bonds. The van der Waals surface area contributed by atoms with E-state index in [1.165, 1.54) is 19.3 Å². The summed E-state index contributed by atoms with van der Waals surface area (Å²) in [6.07, 6.45) is 13.2. The van der Waals surface area contributed by atoms with Crippen LogP contribution in [-0.4, -0.2) is 18.5 Å². The Morgan fingerprint density at radius 2 is 2.12 bits per heavy atom. The molecule has 0 N–H and O–H groups in total. The molecule has 0 spiro atoms. The molecule has 1 saturated carbocycles. The van der Waals surface area contributed by atoms with E-state index in [4.69, 9.17) is 11.2 Å². The summed E-state index contributed by atoms with van der Waals surface area (Å²) in [5.41, 5.74) is 0. The summed E-state index contributed by atoms with van der Waals surface area (Å²) in [4.78, 5) is 12.1. The maximum Gasteiger partial charge on any atom is 0.161 e. The van der Waals surface area contributed by atoms with Gasteiger partial charge in [0.1, 0.15) is 6.10 Å². The lowest BCUT2D eigenvalue weighted by molar-refractivity contribution is -0.134. The predicted molar refractivity (Wildman–Crippen MR) is 69.7 cm³/mol. The van der Waals surface area contributed by atoms with Crippen molar-refractivity contribution < 1.29 is 9.53 Å². The molecule has 1 aliphatic rings. The van der Waals surface area contributed by atoms with Crippen molar-refractivity contribution in [1.29, 1.82) is 0 Å². The Balaban J connectivity index is 2.45. The van der Waals surface area contributed by atoms with E-state index in [0.29, 0.717) is 25.4 Å². The van der Waals surface area contributed by atoms with E-state index in [1.807, 2.05) is 6.92 Å². The third kappa shape index (κ3) is 4.91. The quantitative estimate of drug-likeness (QED) is 0.500. The number of rotatable bonds is 7. The zero-order valence-corrected chi connectivity index (χ0v) is 10.9. The number of carbonyl (C=O) groups excluding carboxylic acids is 1. The topological polar surface area (TPSA) is 26.3 Å². The maximum absolute atomic E-state index is 12.1. The summed E-state index contributed by atoms with van der Waals surface area (Å²) in [7, 11) is 0. The fourth-order valence-electron chi connectivity index (χ4n) is 2.62. The molecule has 0 aromatic heterocycles. The predicted octanol–water partition coefficient (Wildman–Crippen LogP) is 3.34. The smallest absolute Gasteiger partial charge is 0.161 e. The second kappa shape index (κ2) is 8.31. The van der Waals surface area contributed by atoms with Crippen LogP contribution in [0.4, 0.5) is 0 Å². The maximum atomic E-state index is 12.1. The van der Waals surface area contributed by atoms with Crippen LogP contribution in [-0.2, 0) is 9.53 Å². The van der Waals surface area contributed by atoms with Crippen LogP contribution >= 0.6 is 0 Å². The molecule has 1 aliphatic carbocycles. The standard InChI is InChI=1S/C15H24O2/c1-3-5-7-12-14(16)15(17-4-2)13-10-8-6-9-11-13/h1,13,15H,4-12H2,2H3. The third-order valence-corrected chi connectivity index (χ3v) is 3.49. The first kappa shape index (κ1) is 14.3. The lowest BCUT2D eigenvalue weighted by Crippen LogP contribution is -2.34. The van der Waals surface area contributed by atoms with Gasteiger partial charge in [0.25, 0.3) is 0 Å². The lowest BCUT2D eigenvalue weighted by atomic mass is 9.83. The highest BCUT2D eigenvalue weighted by Gasteiger charge is 2.29. The molecule has 0 aromatic carbocycles. The number of hydrogen-bond acceptors (Lipinski definition) is 2. The van der Waals surface area contributed by atoms with Crippen molar-refractivity contribution in [2.24, 2.45) is 5.92 Å². The van der Waals surface area contributed by atoms with E-state index in [2.05, 4.69) is 5.92 Å². The Labute approximate surface area is 105 Å². The van der Waals surface area contributed by atoms with Crippen molar-refractivity contribution in [3.05, 3.63) is 0 Å². The van der Waals surface area contributed by atoms with Gasteiger partial charge in [0.2, 0.25) is 0 Å². The van der Waals surface area contributed by atoms with Crippen molar-refractivity contribution in [2.75, 3.05) is 6.61 Å². The third-order valence-electron chi connectivity index (χ3n) is 3.49. The van der Waals surface area contributed by atoms with Crippen molar-refractivity contribution in [3.8, 4) is 12.3 Å². The molecular formula is C15H24O2. The molecule has 1 unspecified atom stereocenters. The first-order chi connectivity index (χ1) is 8.29. The first-order valence-corrected chi connectivity index (χ1v) is 6.87. The van der Waals surface area contributed by atoms with Gasteiger partial charge in [0.15, 0.2) is 5.78 Å². The van der Waals surface area contributed by atoms with Crippen molar-refractivity contribution in [1.82, 2.24) is 0 Å². The number of ether oxygens (including phenoxy) is 1. The van der Waals surface area contributed by atoms with Crippen LogP contribution < -0.4 is 0 Å². The Hall–Kier alpha value is -0.810. The molecular weight excluding hydrogens is 212 g/mol. The number of unbranched alkanes of at least 4 members (excludes halogenated alkanes) is 1. The second-order valence-electron chi connectivity index (χ2n) is 4.80. The monoisotopic (exact) mass is 236 g/mol. The summed E-state index contributed by atoms with van der Waals surface area (Å²) in [6.45, 7) is 2.59. The van der Waals surface area contributed by atoms with Gasteiger partial charge in [0, 0.05) is 19.4 Å². The van der Waals surface area contributed by atoms with Crippen LogP contribution in [0, 0.1) is 18.3 Å². The minimum Gasteiger partial charge on any atom is -0.370 e. The summed E-state index contributed by atoms with van der Waals surface area (Å²) < 4.78 is 5.67. The van der Waals surface area contributed by atoms with Gasteiger partial charge in [-0.05, 0) is 32.1 Å². The zero-order valence-electron chi connectivity index (χ0n) is 10.9. The highest BCUT2D eigenvalue weighted by atomic mass is 16.5. The molecule has 0 aromatic rings. The summed E-state index contributed by atoms with van der Waals surface area (Å²) >= 11 is 0. The minimum atomic E-state index is -0.168. The van der Waals surface area contributed by atoms with Gasteiger partial charge in [0.05, 0.1) is 0 Å². The van der Waals surface area contributed by atoms with E-state index >= 15 is 0 Å². The number of hydrogen-bond donors (Lipinski definition) is 0. The van der Waals surface area contributed by atoms with Crippen LogP contribution in [0.1, 0.15) is 58.3 Å². The van der Waals surface area contributed by atoms with Gasteiger partial charge in [-0.25, -0.2) is 0 Å². The van der Waals surface area contributed by atoms with Gasteiger partial charge >= 0.3 is 0 Å². The SMILES string of the molecule is C#CCCCC(=O)C(OCC)C1CCCCC1. The van der Waals surface area contributed by atoms with Gasteiger partial charge < -0.3 is 4.74 Å². The Kier molecular flexibility index (Phi) is 6.96. The highest BCUT2D eigenvalue weighted by molar-refractivity contribution is 5.83. The minimum absolute atomic E-state index is 0.168. The average molecular weight is 236 g/mol. The zero-order chi connectivity index (χ0) is 12.5. The Bertz CT molecular complexity index is 259. The highest BCUT2D eigenvalue weighted by Crippen LogP contribution is 2.29. The second-order valence-corrected chi connectivity index (χ2v) is 4.80. The molecule has 0 bridgehead atoms. The molecule has 0 heterocycles. The van der Waals surface area contributed by atoms with Crippen LogP contribution in [0.2, 0.25) is 0 Å². The van der Waals surface area contributed by atoms with E-state index in [1.54, 1.807) is 0 Å². The van der Waals surface area contributed by atoms with Gasteiger partial charge in [-0.1, -0.05) is 19.3 Å². The van der Waals surface area contributed by atoms with Crippen molar-refractivity contribution in [3.63, 3.8) is 0 Å². The van der Waals surface area contributed by atoms with E-state index in [0.717, 1.165) is 19.3 Å². The number of terminal acetylenes is 1. The summed E-state index contributed by atoms with van der Waals surface area (Å²) in [5, 5.41) is 0. The molecule has 1 rings (SSSR count). The number of ketones is 1. The van der Waals surface area contributed by atoms with E-state index in [9.17, 15) is 4.79 Å². The molecule has 1 fully saturated rings. The fraction of sp³-hybridized carbons (Fsp3) is 0.800. The van der Waals surface area contributed by atoms with Crippen LogP contribution in [0.25, 0.3) is 0 Å². The summed E-state index contributed by atoms with van der Waals surface area (Å²) in [6, 6.07) is 0. The van der Waals surface area contributed by atoms with Crippen LogP contribution in [0.5, 0.6) is 0 Å². The molecule has 2 heteroatoms. The molecule has 0 radical (unpaired) electrons. The summed E-state index contributed by atoms with van der Waals surface area (Å²) in [5.74, 6) is 3.29. The van der Waals surface area contributed by atoms with Gasteiger partial charge in [-0.15, -0.1) is 12.3 Å². The normalized spacial score (nSPS) is 18.6. The van der Waals surface area contributed by atoms with Crippen LogP contribution in [0.3, 0.4) is 0 Å².